The smallest absolute Gasteiger partial charge is 0.227 e. The minimum atomic E-state index is -0.226. The first-order chi connectivity index (χ1) is 12.5. The molecule has 0 atom stereocenters. The Morgan fingerprint density at radius 1 is 1.23 bits per heavy atom. The second-order valence-corrected chi connectivity index (χ2v) is 5.87. The predicted molar refractivity (Wildman–Crippen MR) is 101 cm³/mol. The highest BCUT2D eigenvalue weighted by atomic mass is 16.5. The molecule has 0 aliphatic heterocycles. The van der Waals surface area contributed by atoms with Gasteiger partial charge in [-0.15, -0.1) is 0 Å². The van der Waals surface area contributed by atoms with Crippen LogP contribution in [0.25, 0.3) is 11.3 Å². The van der Waals surface area contributed by atoms with Gasteiger partial charge in [-0.25, -0.2) is 4.98 Å². The van der Waals surface area contributed by atoms with Crippen LogP contribution in [0.4, 0.5) is 5.95 Å². The van der Waals surface area contributed by atoms with Crippen LogP contribution in [0.5, 0.6) is 5.75 Å². The molecule has 0 spiro atoms. The van der Waals surface area contributed by atoms with Crippen molar-refractivity contribution in [2.24, 2.45) is 7.05 Å². The molecule has 0 unspecified atom stereocenters. The number of rotatable bonds is 8. The van der Waals surface area contributed by atoms with E-state index in [2.05, 4.69) is 10.3 Å². The molecule has 7 nitrogen and oxygen atoms in total. The molecule has 0 aliphatic rings. The van der Waals surface area contributed by atoms with Gasteiger partial charge in [-0.05, 0) is 26.0 Å². The van der Waals surface area contributed by atoms with E-state index in [-0.39, 0.29) is 24.7 Å². The summed E-state index contributed by atoms with van der Waals surface area (Å²) in [5, 5.41) is 2.77. The summed E-state index contributed by atoms with van der Waals surface area (Å²) < 4.78 is 7.05. The largest absolute Gasteiger partial charge is 0.497 e. The number of anilines is 1. The molecule has 0 saturated heterocycles. The van der Waals surface area contributed by atoms with E-state index in [0.29, 0.717) is 19.0 Å². The van der Waals surface area contributed by atoms with Crippen LogP contribution in [-0.4, -0.2) is 46.5 Å². The molecule has 1 aromatic heterocycles. The number of nitrogens with one attached hydrogen (secondary N) is 1. The Kier molecular flexibility index (Phi) is 6.77. The molecular weight excluding hydrogens is 332 g/mol. The maximum atomic E-state index is 12.2. The summed E-state index contributed by atoms with van der Waals surface area (Å²) in [7, 11) is 3.45. The number of nitrogens with zero attached hydrogens (tertiary/aromatic N) is 3. The van der Waals surface area contributed by atoms with Gasteiger partial charge in [-0.3, -0.25) is 14.9 Å². The fourth-order valence-corrected chi connectivity index (χ4v) is 2.72. The Bertz CT molecular complexity index is 766. The summed E-state index contributed by atoms with van der Waals surface area (Å²) in [6.07, 6.45) is 2.03. The molecule has 1 N–H and O–H groups in total. The summed E-state index contributed by atoms with van der Waals surface area (Å²) in [6, 6.07) is 7.63. The molecule has 140 valence electrons. The van der Waals surface area contributed by atoms with Gasteiger partial charge in [0.2, 0.25) is 17.8 Å². The van der Waals surface area contributed by atoms with E-state index in [1.165, 1.54) is 0 Å². The molecule has 0 fully saturated rings. The standard InChI is InChI=1S/C19H26N4O3/c1-5-23(6-2)18(25)11-10-17(24)21-19-20-13-16(22(19)3)14-8-7-9-15(12-14)26-4/h7-9,12-13H,5-6,10-11H2,1-4H3,(H,20,21,24). The van der Waals surface area contributed by atoms with Crippen LogP contribution >= 0.6 is 0 Å². The van der Waals surface area contributed by atoms with Gasteiger partial charge in [0.1, 0.15) is 5.75 Å². The Morgan fingerprint density at radius 3 is 2.62 bits per heavy atom. The third-order valence-electron chi connectivity index (χ3n) is 4.29. The van der Waals surface area contributed by atoms with E-state index in [9.17, 15) is 9.59 Å². The van der Waals surface area contributed by atoms with Crippen molar-refractivity contribution in [1.29, 1.82) is 0 Å². The monoisotopic (exact) mass is 358 g/mol. The van der Waals surface area contributed by atoms with E-state index < -0.39 is 0 Å². The molecule has 2 amide bonds. The first-order valence-corrected chi connectivity index (χ1v) is 8.73. The van der Waals surface area contributed by atoms with Crippen molar-refractivity contribution in [2.75, 3.05) is 25.5 Å². The summed E-state index contributed by atoms with van der Waals surface area (Å²) >= 11 is 0. The number of amides is 2. The summed E-state index contributed by atoms with van der Waals surface area (Å²) in [5.74, 6) is 0.964. The first kappa shape index (κ1) is 19.5. The van der Waals surface area contributed by atoms with Crippen molar-refractivity contribution in [2.45, 2.75) is 26.7 Å². The van der Waals surface area contributed by atoms with Gasteiger partial charge in [0.15, 0.2) is 0 Å². The topological polar surface area (TPSA) is 76.5 Å². The highest BCUT2D eigenvalue weighted by Crippen LogP contribution is 2.25. The van der Waals surface area contributed by atoms with Gasteiger partial charge in [0.05, 0.1) is 19.0 Å². The maximum Gasteiger partial charge on any atom is 0.227 e. The lowest BCUT2D eigenvalue weighted by Crippen LogP contribution is -2.31. The molecule has 0 radical (unpaired) electrons. The lowest BCUT2D eigenvalue weighted by molar-refractivity contribution is -0.132. The number of benzene rings is 1. The molecule has 1 heterocycles. The van der Waals surface area contributed by atoms with Crippen molar-refractivity contribution < 1.29 is 14.3 Å². The van der Waals surface area contributed by atoms with Crippen molar-refractivity contribution in [3.63, 3.8) is 0 Å². The molecule has 7 heteroatoms. The van der Waals surface area contributed by atoms with Gasteiger partial charge >= 0.3 is 0 Å². The van der Waals surface area contributed by atoms with E-state index in [1.807, 2.05) is 45.2 Å². The lowest BCUT2D eigenvalue weighted by atomic mass is 10.1. The third kappa shape index (κ3) is 4.62. The average Bonchev–Trinajstić information content (AvgIpc) is 3.01. The van der Waals surface area contributed by atoms with Crippen LogP contribution in [-0.2, 0) is 16.6 Å². The Balaban J connectivity index is 2.01. The molecule has 0 bridgehead atoms. The molecule has 26 heavy (non-hydrogen) atoms. The highest BCUT2D eigenvalue weighted by Gasteiger charge is 2.15. The van der Waals surface area contributed by atoms with Crippen molar-refractivity contribution in [3.05, 3.63) is 30.5 Å². The van der Waals surface area contributed by atoms with Gasteiger partial charge in [-0.1, -0.05) is 12.1 Å². The number of hydrogen-bond acceptors (Lipinski definition) is 4. The molecular formula is C19H26N4O3. The second kappa shape index (κ2) is 9.03. The number of carbonyl (C=O) groups is 2. The lowest BCUT2D eigenvalue weighted by Gasteiger charge is -2.18. The summed E-state index contributed by atoms with van der Waals surface area (Å²) in [6.45, 7) is 5.16. The van der Waals surface area contributed by atoms with Gasteiger partial charge < -0.3 is 14.2 Å². The van der Waals surface area contributed by atoms with Crippen molar-refractivity contribution in [1.82, 2.24) is 14.5 Å². The van der Waals surface area contributed by atoms with Crippen molar-refractivity contribution >= 4 is 17.8 Å². The maximum absolute atomic E-state index is 12.2. The zero-order valence-electron chi connectivity index (χ0n) is 15.8. The van der Waals surface area contributed by atoms with Gasteiger partial charge in [-0.2, -0.15) is 0 Å². The first-order valence-electron chi connectivity index (χ1n) is 8.73. The fourth-order valence-electron chi connectivity index (χ4n) is 2.72. The number of carbonyl (C=O) groups excluding carboxylic acids is 2. The van der Waals surface area contributed by atoms with Crippen LogP contribution < -0.4 is 10.1 Å². The Labute approximate surface area is 154 Å². The van der Waals surface area contributed by atoms with Crippen LogP contribution in [0.1, 0.15) is 26.7 Å². The minimum absolute atomic E-state index is 0.0120. The molecule has 1 aromatic carbocycles. The predicted octanol–water partition coefficient (Wildman–Crippen LogP) is 2.68. The second-order valence-electron chi connectivity index (χ2n) is 5.87. The fraction of sp³-hybridized carbons (Fsp3) is 0.421. The molecule has 0 saturated carbocycles. The zero-order chi connectivity index (χ0) is 19.1. The normalized spacial score (nSPS) is 10.5. The number of imidazole rings is 1. The SMILES string of the molecule is CCN(CC)C(=O)CCC(=O)Nc1ncc(-c2cccc(OC)c2)n1C. The number of methoxy groups -OCH3 is 1. The molecule has 2 aromatic rings. The third-order valence-corrected chi connectivity index (χ3v) is 4.29. The molecule has 2 rings (SSSR count). The van der Waals surface area contributed by atoms with Crippen LogP contribution in [0, 0.1) is 0 Å². The van der Waals surface area contributed by atoms with Gasteiger partial charge in [0, 0.05) is 38.5 Å². The quantitative estimate of drug-likeness (QED) is 0.787. The van der Waals surface area contributed by atoms with E-state index in [1.54, 1.807) is 22.8 Å². The van der Waals surface area contributed by atoms with E-state index >= 15 is 0 Å². The van der Waals surface area contributed by atoms with Crippen LogP contribution in [0.15, 0.2) is 30.5 Å². The number of aromatic nitrogens is 2. The van der Waals surface area contributed by atoms with E-state index in [4.69, 9.17) is 4.74 Å². The average molecular weight is 358 g/mol. The van der Waals surface area contributed by atoms with Crippen LogP contribution in [0.2, 0.25) is 0 Å². The Morgan fingerprint density at radius 2 is 1.96 bits per heavy atom. The Hall–Kier alpha value is -2.83. The number of ether oxygens (including phenoxy) is 1. The van der Waals surface area contributed by atoms with Crippen molar-refractivity contribution in [3.8, 4) is 17.0 Å². The number of hydrogen-bond donors (Lipinski definition) is 1. The van der Waals surface area contributed by atoms with Crippen LogP contribution in [0.3, 0.4) is 0 Å². The molecule has 0 aliphatic carbocycles. The van der Waals surface area contributed by atoms with Gasteiger partial charge in [0.25, 0.3) is 0 Å². The zero-order valence-corrected chi connectivity index (χ0v) is 15.8. The summed E-state index contributed by atoms with van der Waals surface area (Å²) in [5.41, 5.74) is 1.80. The highest BCUT2D eigenvalue weighted by molar-refractivity contribution is 5.92. The van der Waals surface area contributed by atoms with E-state index in [0.717, 1.165) is 17.0 Å². The minimum Gasteiger partial charge on any atom is -0.497 e. The summed E-state index contributed by atoms with van der Waals surface area (Å²) in [4.78, 5) is 30.1.